The quantitative estimate of drug-likeness (QED) is 0.731. The van der Waals surface area contributed by atoms with E-state index >= 15 is 0 Å². The number of likely N-dealkylation sites (tertiary alicyclic amines) is 2. The van der Waals surface area contributed by atoms with Crippen LogP contribution >= 0.6 is 0 Å². The second-order valence-electron chi connectivity index (χ2n) is 7.49. The molecule has 0 saturated carbocycles. The number of aromatic nitrogens is 1. The predicted molar refractivity (Wildman–Crippen MR) is 101 cm³/mol. The number of pyridine rings is 1. The summed E-state index contributed by atoms with van der Waals surface area (Å²) in [5.41, 5.74) is 0.00242. The molecular weight excluding hydrogens is 351 g/mol. The van der Waals surface area contributed by atoms with Gasteiger partial charge in [0.05, 0.1) is 0 Å². The minimum Gasteiger partial charge on any atom is -0.486 e. The Hall–Kier alpha value is -1.93. The van der Waals surface area contributed by atoms with Gasteiger partial charge < -0.3 is 24.6 Å². The van der Waals surface area contributed by atoms with Gasteiger partial charge in [0.1, 0.15) is 18.9 Å². The number of nitrogens with zero attached hydrogens (tertiary/aromatic N) is 3. The van der Waals surface area contributed by atoms with Crippen LogP contribution in [0.2, 0.25) is 0 Å². The van der Waals surface area contributed by atoms with Crippen LogP contribution in [0.4, 0.5) is 10.1 Å². The Bertz CT molecular complexity index is 673. The van der Waals surface area contributed by atoms with Gasteiger partial charge in [-0.3, -0.25) is 4.79 Å². The van der Waals surface area contributed by atoms with E-state index in [4.69, 9.17) is 9.47 Å². The fraction of sp³-hybridized carbons (Fsp3) is 0.684. The zero-order valence-corrected chi connectivity index (χ0v) is 16.3. The maximum Gasteiger partial charge on any atom is 0.259 e. The molecule has 2 atom stereocenters. The van der Waals surface area contributed by atoms with E-state index in [9.17, 15) is 9.18 Å². The Kier molecular flexibility index (Phi) is 6.49. The number of carbonyl (C=O) groups is 1. The highest BCUT2D eigenvalue weighted by atomic mass is 19.1. The van der Waals surface area contributed by atoms with Gasteiger partial charge in [-0.15, -0.1) is 0 Å². The summed E-state index contributed by atoms with van der Waals surface area (Å²) in [6.07, 6.45) is 4.38. The van der Waals surface area contributed by atoms with Crippen LogP contribution in [0.5, 0.6) is 11.6 Å². The molecule has 2 aliphatic heterocycles. The number of likely N-dealkylation sites (N-methyl/N-ethyl adjacent to an activating group) is 2. The lowest BCUT2D eigenvalue weighted by Crippen LogP contribution is -2.31. The summed E-state index contributed by atoms with van der Waals surface area (Å²) < 4.78 is 26.1. The fourth-order valence-electron chi connectivity index (χ4n) is 3.68. The number of hydrogen-bond donors (Lipinski definition) is 1. The third-order valence-corrected chi connectivity index (χ3v) is 5.41. The number of hydrogen-bond acceptors (Lipinski definition) is 6. The van der Waals surface area contributed by atoms with Crippen LogP contribution in [0.15, 0.2) is 6.07 Å². The molecule has 7 nitrogen and oxygen atoms in total. The first kappa shape index (κ1) is 19.8. The molecule has 1 aromatic rings. The number of anilines is 1. The number of nitrogens with one attached hydrogen (secondary N) is 1. The molecule has 0 unspecified atom stereocenters. The van der Waals surface area contributed by atoms with Crippen LogP contribution < -0.4 is 14.8 Å². The van der Waals surface area contributed by atoms with Crippen LogP contribution in [-0.2, 0) is 4.79 Å². The van der Waals surface area contributed by atoms with Crippen molar-refractivity contribution in [2.24, 2.45) is 0 Å². The zero-order chi connectivity index (χ0) is 19.4. The van der Waals surface area contributed by atoms with E-state index in [1.165, 1.54) is 13.0 Å². The number of carbonyl (C=O) groups excluding carboxylic acids is 1. The SMILES string of the molecule is CC(=O)Nc1cc(OC[C@H]2CCCN2C)c(OC[C@H]2CCCN2C)nc1F. The molecule has 0 spiro atoms. The summed E-state index contributed by atoms with van der Waals surface area (Å²) >= 11 is 0. The van der Waals surface area contributed by atoms with Crippen molar-refractivity contribution in [1.82, 2.24) is 14.8 Å². The molecule has 3 rings (SSSR count). The monoisotopic (exact) mass is 380 g/mol. The van der Waals surface area contributed by atoms with Crippen molar-refractivity contribution in [2.45, 2.75) is 44.7 Å². The van der Waals surface area contributed by atoms with Crippen molar-refractivity contribution in [2.75, 3.05) is 45.7 Å². The standard InChI is InChI=1S/C19H29FN4O3/c1-13(25)21-16-10-17(26-11-14-6-4-8-23(14)2)19(22-18(16)20)27-12-15-7-5-9-24(15)3/h10,14-15H,4-9,11-12H2,1-3H3,(H,21,25)/t14-,15-/m1/s1. The first-order valence-corrected chi connectivity index (χ1v) is 9.58. The third-order valence-electron chi connectivity index (χ3n) is 5.41. The predicted octanol–water partition coefficient (Wildman–Crippen LogP) is 2.13. The number of amides is 1. The lowest BCUT2D eigenvalue weighted by atomic mass is 10.2. The van der Waals surface area contributed by atoms with Crippen molar-refractivity contribution in [3.8, 4) is 11.6 Å². The summed E-state index contributed by atoms with van der Waals surface area (Å²) in [4.78, 5) is 19.7. The summed E-state index contributed by atoms with van der Waals surface area (Å²) in [6.45, 7) is 4.32. The van der Waals surface area contributed by atoms with Crippen molar-refractivity contribution >= 4 is 11.6 Å². The van der Waals surface area contributed by atoms with Crippen LogP contribution in [0.3, 0.4) is 0 Å². The van der Waals surface area contributed by atoms with Gasteiger partial charge >= 0.3 is 0 Å². The second-order valence-corrected chi connectivity index (χ2v) is 7.49. The summed E-state index contributed by atoms with van der Waals surface area (Å²) in [5, 5.41) is 2.45. The van der Waals surface area contributed by atoms with Crippen LogP contribution in [-0.4, -0.2) is 73.2 Å². The number of rotatable bonds is 7. The minimum atomic E-state index is -0.773. The smallest absolute Gasteiger partial charge is 0.259 e. The molecule has 150 valence electrons. The largest absolute Gasteiger partial charge is 0.486 e. The third kappa shape index (κ3) is 5.07. The van der Waals surface area contributed by atoms with E-state index in [-0.39, 0.29) is 17.5 Å². The van der Waals surface area contributed by atoms with Gasteiger partial charge in [-0.1, -0.05) is 0 Å². The van der Waals surface area contributed by atoms with E-state index < -0.39 is 5.95 Å². The van der Waals surface area contributed by atoms with Gasteiger partial charge in [-0.25, -0.2) is 0 Å². The van der Waals surface area contributed by atoms with Crippen LogP contribution in [0.25, 0.3) is 0 Å². The second kappa shape index (κ2) is 8.84. The molecular formula is C19H29FN4O3. The maximum absolute atomic E-state index is 14.3. The summed E-state index contributed by atoms with van der Waals surface area (Å²) in [7, 11) is 4.13. The summed E-state index contributed by atoms with van der Waals surface area (Å²) in [6, 6.07) is 2.07. The molecule has 0 bridgehead atoms. The van der Waals surface area contributed by atoms with Crippen LogP contribution in [0, 0.1) is 5.95 Å². The molecule has 2 fully saturated rings. The Morgan fingerprint density at radius 3 is 2.30 bits per heavy atom. The number of ether oxygens (including phenoxy) is 2. The van der Waals surface area contributed by atoms with Crippen molar-refractivity contribution in [3.63, 3.8) is 0 Å². The van der Waals surface area contributed by atoms with E-state index in [0.29, 0.717) is 31.0 Å². The molecule has 0 aromatic carbocycles. The van der Waals surface area contributed by atoms with Gasteiger partial charge in [0.25, 0.3) is 5.88 Å². The molecule has 1 aromatic heterocycles. The molecule has 0 radical (unpaired) electrons. The normalized spacial score (nSPS) is 23.6. The molecule has 27 heavy (non-hydrogen) atoms. The molecule has 0 aliphatic carbocycles. The molecule has 1 N–H and O–H groups in total. The Balaban J connectivity index is 1.74. The molecule has 1 amide bonds. The first-order chi connectivity index (χ1) is 12.9. The first-order valence-electron chi connectivity index (χ1n) is 9.58. The highest BCUT2D eigenvalue weighted by Crippen LogP contribution is 2.31. The highest BCUT2D eigenvalue weighted by Gasteiger charge is 2.25. The maximum atomic E-state index is 14.3. The van der Waals surface area contributed by atoms with E-state index in [0.717, 1.165) is 38.8 Å². The van der Waals surface area contributed by atoms with Gasteiger partial charge in [0.15, 0.2) is 5.75 Å². The molecule has 2 aliphatic rings. The average Bonchev–Trinajstić information content (AvgIpc) is 3.21. The number of halogens is 1. The lowest BCUT2D eigenvalue weighted by molar-refractivity contribution is -0.114. The topological polar surface area (TPSA) is 66.9 Å². The Morgan fingerprint density at radius 2 is 1.78 bits per heavy atom. The highest BCUT2D eigenvalue weighted by molar-refractivity contribution is 5.88. The average molecular weight is 380 g/mol. The summed E-state index contributed by atoms with van der Waals surface area (Å²) in [5.74, 6) is -0.632. The van der Waals surface area contributed by atoms with E-state index in [1.807, 2.05) is 0 Å². The Labute approximate surface area is 159 Å². The molecule has 2 saturated heterocycles. The van der Waals surface area contributed by atoms with Crippen molar-refractivity contribution in [1.29, 1.82) is 0 Å². The fourth-order valence-corrected chi connectivity index (χ4v) is 3.68. The van der Waals surface area contributed by atoms with E-state index in [2.05, 4.69) is 34.2 Å². The molecule has 3 heterocycles. The van der Waals surface area contributed by atoms with Crippen molar-refractivity contribution in [3.05, 3.63) is 12.0 Å². The minimum absolute atomic E-state index is 0.00242. The van der Waals surface area contributed by atoms with Gasteiger partial charge in [0.2, 0.25) is 11.9 Å². The Morgan fingerprint density at radius 1 is 1.19 bits per heavy atom. The molecule has 8 heteroatoms. The van der Waals surface area contributed by atoms with Crippen LogP contribution in [0.1, 0.15) is 32.6 Å². The lowest BCUT2D eigenvalue weighted by Gasteiger charge is -2.22. The zero-order valence-electron chi connectivity index (χ0n) is 16.3. The van der Waals surface area contributed by atoms with E-state index in [1.54, 1.807) is 0 Å². The van der Waals surface area contributed by atoms with Gasteiger partial charge in [0, 0.05) is 25.1 Å². The van der Waals surface area contributed by atoms with Gasteiger partial charge in [-0.05, 0) is 52.9 Å². The van der Waals surface area contributed by atoms with Crippen molar-refractivity contribution < 1.29 is 18.7 Å². The van der Waals surface area contributed by atoms with Gasteiger partial charge in [-0.2, -0.15) is 9.37 Å².